The highest BCUT2D eigenvalue weighted by atomic mass is 127. The third-order valence-corrected chi connectivity index (χ3v) is 3.55. The first-order valence-electron chi connectivity index (χ1n) is 8.53. The molecule has 1 aromatic carbocycles. The van der Waals surface area contributed by atoms with Crippen LogP contribution in [-0.4, -0.2) is 43.0 Å². The third-order valence-electron chi connectivity index (χ3n) is 3.55. The molecule has 0 aliphatic carbocycles. The molecule has 0 atom stereocenters. The van der Waals surface area contributed by atoms with E-state index in [-0.39, 0.29) is 24.0 Å². The molecular weight excluding hydrogens is 445 g/mol. The molecule has 144 valence electrons. The molecule has 1 aromatic heterocycles. The summed E-state index contributed by atoms with van der Waals surface area (Å²) >= 11 is 0. The van der Waals surface area contributed by atoms with Crippen LogP contribution >= 0.6 is 24.0 Å². The maximum Gasteiger partial charge on any atom is 0.191 e. The summed E-state index contributed by atoms with van der Waals surface area (Å²) in [6, 6.07) is 9.85. The predicted octanol–water partition coefficient (Wildman–Crippen LogP) is 2.70. The van der Waals surface area contributed by atoms with E-state index < -0.39 is 0 Å². The first-order chi connectivity index (χ1) is 12.3. The highest BCUT2D eigenvalue weighted by molar-refractivity contribution is 14.0. The second-order valence-electron chi connectivity index (χ2n) is 5.43. The number of aliphatic imine (C=N–C) groups is 1. The van der Waals surface area contributed by atoms with Gasteiger partial charge in [0, 0.05) is 26.0 Å². The fourth-order valence-electron chi connectivity index (χ4n) is 2.16. The summed E-state index contributed by atoms with van der Waals surface area (Å²) in [5, 5.41) is 13.5. The number of aromatic nitrogens is 2. The highest BCUT2D eigenvalue weighted by Gasteiger charge is 2.01. The van der Waals surface area contributed by atoms with Crippen LogP contribution in [0, 0.1) is 0 Å². The van der Waals surface area contributed by atoms with Gasteiger partial charge in [-0.15, -0.1) is 24.0 Å². The normalized spacial score (nSPS) is 10.9. The average molecular weight is 473 g/mol. The second kappa shape index (κ2) is 13.4. The molecule has 2 aromatic rings. The first-order valence-corrected chi connectivity index (χ1v) is 8.53. The van der Waals surface area contributed by atoms with Gasteiger partial charge >= 0.3 is 0 Å². The summed E-state index contributed by atoms with van der Waals surface area (Å²) in [7, 11) is 1.66. The Morgan fingerprint density at radius 2 is 2.00 bits per heavy atom. The van der Waals surface area contributed by atoms with Gasteiger partial charge < -0.3 is 20.1 Å². The molecule has 0 amide bonds. The number of methoxy groups -OCH3 is 1. The lowest BCUT2D eigenvalue weighted by molar-refractivity contribution is 0.145. The number of benzene rings is 1. The van der Waals surface area contributed by atoms with Crippen molar-refractivity contribution in [3.63, 3.8) is 0 Å². The summed E-state index contributed by atoms with van der Waals surface area (Å²) < 4.78 is 10.5. The van der Waals surface area contributed by atoms with Gasteiger partial charge in [-0.1, -0.05) is 12.1 Å². The first kappa shape index (κ1) is 22.2. The molecule has 0 saturated carbocycles. The van der Waals surface area contributed by atoms with E-state index in [9.17, 15) is 0 Å². The van der Waals surface area contributed by atoms with Gasteiger partial charge in [0.2, 0.25) is 0 Å². The van der Waals surface area contributed by atoms with Crippen molar-refractivity contribution < 1.29 is 9.47 Å². The lowest BCUT2D eigenvalue weighted by atomic mass is 10.2. The zero-order valence-electron chi connectivity index (χ0n) is 15.3. The maximum atomic E-state index is 5.36. The summed E-state index contributed by atoms with van der Waals surface area (Å²) in [4.78, 5) is 4.65. The number of halogens is 1. The minimum Gasteiger partial charge on any atom is -0.497 e. The molecule has 0 saturated heterocycles. The van der Waals surface area contributed by atoms with Gasteiger partial charge in [0.05, 0.1) is 25.9 Å². The molecule has 26 heavy (non-hydrogen) atoms. The number of guanidine groups is 1. The summed E-state index contributed by atoms with van der Waals surface area (Å²) in [6.45, 7) is 5.53. The molecule has 0 unspecified atom stereocenters. The van der Waals surface area contributed by atoms with E-state index in [4.69, 9.17) is 9.47 Å². The van der Waals surface area contributed by atoms with Gasteiger partial charge in [-0.2, -0.15) is 5.10 Å². The predicted molar refractivity (Wildman–Crippen MR) is 114 cm³/mol. The van der Waals surface area contributed by atoms with Crippen molar-refractivity contribution in [2.45, 2.75) is 26.4 Å². The van der Waals surface area contributed by atoms with Gasteiger partial charge in [-0.25, -0.2) is 4.99 Å². The van der Waals surface area contributed by atoms with Crippen LogP contribution in [0.15, 0.2) is 41.5 Å². The van der Waals surface area contributed by atoms with Crippen LogP contribution in [0.25, 0.3) is 0 Å². The number of hydrogen-bond donors (Lipinski definition) is 3. The Balaban J connectivity index is 0.00000338. The Morgan fingerprint density at radius 1 is 1.19 bits per heavy atom. The minimum atomic E-state index is 0. The fourth-order valence-corrected chi connectivity index (χ4v) is 2.16. The van der Waals surface area contributed by atoms with Crippen LogP contribution in [-0.2, 0) is 17.8 Å². The maximum absolute atomic E-state index is 5.36. The van der Waals surface area contributed by atoms with Crippen molar-refractivity contribution in [2.75, 3.05) is 26.9 Å². The van der Waals surface area contributed by atoms with Crippen LogP contribution in [0.5, 0.6) is 5.75 Å². The number of H-pyrrole nitrogens is 1. The standard InChI is InChI=1S/C18H27N5O2.HI/c1-3-25-12-4-10-19-18(21-14-16-9-11-22-23-16)20-13-15-5-7-17(24-2)8-6-15;/h5-9,11H,3-4,10,12-14H2,1-2H3,(H,22,23)(H2,19,20,21);1H. The van der Waals surface area contributed by atoms with E-state index in [2.05, 4.69) is 25.8 Å². The fraction of sp³-hybridized carbons (Fsp3) is 0.444. The van der Waals surface area contributed by atoms with Crippen LogP contribution in [0.3, 0.4) is 0 Å². The van der Waals surface area contributed by atoms with E-state index in [1.807, 2.05) is 37.3 Å². The molecule has 1 heterocycles. The Hall–Kier alpha value is -1.81. The number of hydrogen-bond acceptors (Lipinski definition) is 4. The number of ether oxygens (including phenoxy) is 2. The molecule has 2 rings (SSSR count). The van der Waals surface area contributed by atoms with E-state index in [1.54, 1.807) is 13.3 Å². The molecule has 8 heteroatoms. The van der Waals surface area contributed by atoms with E-state index in [0.717, 1.165) is 49.1 Å². The largest absolute Gasteiger partial charge is 0.497 e. The number of rotatable bonds is 10. The summed E-state index contributed by atoms with van der Waals surface area (Å²) in [6.07, 6.45) is 2.67. The third kappa shape index (κ3) is 8.52. The monoisotopic (exact) mass is 473 g/mol. The van der Waals surface area contributed by atoms with Crippen LogP contribution in [0.2, 0.25) is 0 Å². The molecule has 0 spiro atoms. The molecule has 0 aliphatic rings. The van der Waals surface area contributed by atoms with Crippen LogP contribution in [0.4, 0.5) is 0 Å². The molecule has 0 bridgehead atoms. The van der Waals surface area contributed by atoms with Gasteiger partial charge in [0.25, 0.3) is 0 Å². The van der Waals surface area contributed by atoms with Gasteiger partial charge in [0.15, 0.2) is 5.96 Å². The summed E-state index contributed by atoms with van der Waals surface area (Å²) in [5.74, 6) is 1.61. The Bertz CT molecular complexity index is 617. The van der Waals surface area contributed by atoms with Crippen molar-refractivity contribution in [1.82, 2.24) is 20.8 Å². The molecule has 0 aliphatic heterocycles. The van der Waals surface area contributed by atoms with Crippen molar-refractivity contribution in [3.8, 4) is 5.75 Å². The van der Waals surface area contributed by atoms with E-state index >= 15 is 0 Å². The Morgan fingerprint density at radius 3 is 2.65 bits per heavy atom. The Labute approximate surface area is 172 Å². The molecular formula is C18H28IN5O2. The molecule has 3 N–H and O–H groups in total. The minimum absolute atomic E-state index is 0. The average Bonchev–Trinajstić information content (AvgIpc) is 3.17. The van der Waals surface area contributed by atoms with Gasteiger partial charge in [-0.05, 0) is 37.1 Å². The van der Waals surface area contributed by atoms with Crippen molar-refractivity contribution in [3.05, 3.63) is 47.8 Å². The van der Waals surface area contributed by atoms with Gasteiger partial charge in [0.1, 0.15) is 5.75 Å². The SMILES string of the molecule is CCOCCCNC(=NCc1ccc(OC)cc1)NCc1ccn[nH]1.I. The number of nitrogens with one attached hydrogen (secondary N) is 3. The lowest BCUT2D eigenvalue weighted by Crippen LogP contribution is -2.38. The molecule has 0 radical (unpaired) electrons. The van der Waals surface area contributed by atoms with E-state index in [0.29, 0.717) is 13.1 Å². The zero-order chi connectivity index (χ0) is 17.7. The molecule has 7 nitrogen and oxygen atoms in total. The highest BCUT2D eigenvalue weighted by Crippen LogP contribution is 2.11. The zero-order valence-corrected chi connectivity index (χ0v) is 17.7. The Kier molecular flexibility index (Phi) is 11.5. The molecule has 0 fully saturated rings. The number of nitrogens with zero attached hydrogens (tertiary/aromatic N) is 2. The quantitative estimate of drug-likeness (QED) is 0.214. The van der Waals surface area contributed by atoms with Crippen molar-refractivity contribution in [1.29, 1.82) is 0 Å². The van der Waals surface area contributed by atoms with Crippen LogP contribution < -0.4 is 15.4 Å². The number of aromatic amines is 1. The second-order valence-corrected chi connectivity index (χ2v) is 5.43. The van der Waals surface area contributed by atoms with Crippen molar-refractivity contribution in [2.24, 2.45) is 4.99 Å². The lowest BCUT2D eigenvalue weighted by Gasteiger charge is -2.12. The van der Waals surface area contributed by atoms with Crippen molar-refractivity contribution >= 4 is 29.9 Å². The van der Waals surface area contributed by atoms with Crippen LogP contribution in [0.1, 0.15) is 24.6 Å². The topological polar surface area (TPSA) is 83.6 Å². The van der Waals surface area contributed by atoms with E-state index in [1.165, 1.54) is 0 Å². The summed E-state index contributed by atoms with van der Waals surface area (Å²) in [5.41, 5.74) is 2.13. The van der Waals surface area contributed by atoms with Gasteiger partial charge in [-0.3, -0.25) is 5.10 Å². The smallest absolute Gasteiger partial charge is 0.191 e.